The Morgan fingerprint density at radius 3 is 2.55 bits per heavy atom. The van der Waals surface area contributed by atoms with E-state index in [1.165, 1.54) is 12.1 Å². The van der Waals surface area contributed by atoms with E-state index >= 15 is 0 Å². The molecule has 2 aliphatic heterocycles. The van der Waals surface area contributed by atoms with Crippen molar-refractivity contribution in [3.8, 4) is 17.2 Å². The first kappa shape index (κ1) is 19.7. The Morgan fingerprint density at radius 1 is 1.00 bits per heavy atom. The van der Waals surface area contributed by atoms with Crippen molar-refractivity contribution in [3.05, 3.63) is 88.2 Å². The van der Waals surface area contributed by atoms with Crippen LogP contribution in [-0.4, -0.2) is 24.9 Å². The topological polar surface area (TPSA) is 43.3 Å². The summed E-state index contributed by atoms with van der Waals surface area (Å²) in [5.41, 5.74) is 3.49. The van der Waals surface area contributed by atoms with E-state index in [0.29, 0.717) is 22.9 Å². The Morgan fingerprint density at radius 2 is 1.81 bits per heavy atom. The average Bonchev–Trinajstić information content (AvgIpc) is 3.24. The predicted octanol–water partition coefficient (Wildman–Crippen LogP) is 5.74. The second-order valence-corrected chi connectivity index (χ2v) is 7.85. The summed E-state index contributed by atoms with van der Waals surface area (Å²) in [5.74, 6) is 1.84. The molecule has 7 heteroatoms. The molecule has 0 saturated heterocycles. The lowest BCUT2D eigenvalue weighted by Gasteiger charge is -2.38. The molecule has 0 amide bonds. The lowest BCUT2D eigenvalue weighted by Crippen LogP contribution is -2.34. The van der Waals surface area contributed by atoms with Crippen LogP contribution in [0.2, 0.25) is 5.02 Å². The van der Waals surface area contributed by atoms with E-state index in [-0.39, 0.29) is 11.9 Å². The van der Waals surface area contributed by atoms with Gasteiger partial charge in [-0.25, -0.2) is 9.40 Å². The number of halogens is 2. The Labute approximate surface area is 184 Å². The second kappa shape index (κ2) is 7.78. The molecule has 158 valence electrons. The molecule has 2 heterocycles. The average molecular weight is 439 g/mol. The fourth-order valence-electron chi connectivity index (χ4n) is 4.11. The third kappa shape index (κ3) is 3.47. The van der Waals surface area contributed by atoms with Gasteiger partial charge in [-0.05, 0) is 54.1 Å². The molecule has 0 radical (unpaired) electrons. The summed E-state index contributed by atoms with van der Waals surface area (Å²) in [5, 5.41) is 7.45. The quantitative estimate of drug-likeness (QED) is 0.521. The van der Waals surface area contributed by atoms with Crippen molar-refractivity contribution in [1.29, 1.82) is 0 Å². The second-order valence-electron chi connectivity index (χ2n) is 7.41. The number of hydrogen-bond acceptors (Lipinski definition) is 5. The summed E-state index contributed by atoms with van der Waals surface area (Å²) in [6.45, 7) is 0. The molecule has 5 nitrogen and oxygen atoms in total. The maximum absolute atomic E-state index is 13.4. The standard InChI is InChI=1S/C24H20ClFN2O3/c1-29-17-8-10-22(30-2)19(12-17)24-28-21(18-11-15(25)5-9-23(18)31-24)13-20(27-28)14-3-6-16(26)7-4-14/h3-12,21,24H,13H2,1-2H3/t21-,24+/m1/s1. The van der Waals surface area contributed by atoms with Crippen LogP contribution in [0, 0.1) is 5.82 Å². The maximum atomic E-state index is 13.4. The molecule has 0 bridgehead atoms. The SMILES string of the molecule is COc1ccc(OC)c([C@@H]2Oc3ccc(Cl)cc3[C@H]3CC(c4ccc(F)cc4)=NN32)c1. The van der Waals surface area contributed by atoms with Gasteiger partial charge >= 0.3 is 0 Å². The monoisotopic (exact) mass is 438 g/mol. The summed E-state index contributed by atoms with van der Waals surface area (Å²) in [4.78, 5) is 0. The van der Waals surface area contributed by atoms with Crippen LogP contribution in [0.3, 0.4) is 0 Å². The number of hydrogen-bond donors (Lipinski definition) is 0. The van der Waals surface area contributed by atoms with Gasteiger partial charge in [-0.15, -0.1) is 0 Å². The number of hydrazone groups is 1. The van der Waals surface area contributed by atoms with Crippen molar-refractivity contribution in [1.82, 2.24) is 5.01 Å². The van der Waals surface area contributed by atoms with E-state index in [2.05, 4.69) is 0 Å². The van der Waals surface area contributed by atoms with Gasteiger partial charge in [0.15, 0.2) is 0 Å². The number of rotatable bonds is 4. The van der Waals surface area contributed by atoms with Crippen molar-refractivity contribution in [2.45, 2.75) is 18.7 Å². The normalized spacial score (nSPS) is 19.2. The lowest BCUT2D eigenvalue weighted by molar-refractivity contribution is -0.0204. The smallest absolute Gasteiger partial charge is 0.217 e. The minimum atomic E-state index is -0.526. The summed E-state index contributed by atoms with van der Waals surface area (Å²) in [6.07, 6.45) is 0.118. The molecule has 0 aliphatic carbocycles. The van der Waals surface area contributed by atoms with Gasteiger partial charge < -0.3 is 14.2 Å². The third-order valence-electron chi connectivity index (χ3n) is 5.63. The molecule has 31 heavy (non-hydrogen) atoms. The number of ether oxygens (including phenoxy) is 3. The summed E-state index contributed by atoms with van der Waals surface area (Å²) in [7, 11) is 3.24. The van der Waals surface area contributed by atoms with Crippen LogP contribution in [0.25, 0.3) is 0 Å². The number of methoxy groups -OCH3 is 2. The zero-order valence-electron chi connectivity index (χ0n) is 17.0. The third-order valence-corrected chi connectivity index (χ3v) is 5.87. The summed E-state index contributed by atoms with van der Waals surface area (Å²) in [6, 6.07) is 17.5. The molecule has 0 spiro atoms. The molecule has 0 N–H and O–H groups in total. The van der Waals surface area contributed by atoms with Crippen molar-refractivity contribution >= 4 is 17.3 Å². The van der Waals surface area contributed by atoms with Crippen molar-refractivity contribution < 1.29 is 18.6 Å². The van der Waals surface area contributed by atoms with Crippen LogP contribution in [0.1, 0.15) is 35.4 Å². The van der Waals surface area contributed by atoms with Gasteiger partial charge in [0.1, 0.15) is 23.1 Å². The van der Waals surface area contributed by atoms with Gasteiger partial charge in [0.05, 0.1) is 31.5 Å². The zero-order valence-corrected chi connectivity index (χ0v) is 17.8. The van der Waals surface area contributed by atoms with Crippen molar-refractivity contribution in [3.63, 3.8) is 0 Å². The van der Waals surface area contributed by atoms with E-state index in [0.717, 1.165) is 28.2 Å². The highest BCUT2D eigenvalue weighted by molar-refractivity contribution is 6.30. The Kier molecular flexibility index (Phi) is 4.94. The highest BCUT2D eigenvalue weighted by Crippen LogP contribution is 2.49. The van der Waals surface area contributed by atoms with Crippen LogP contribution in [-0.2, 0) is 0 Å². The first-order chi connectivity index (χ1) is 15.1. The van der Waals surface area contributed by atoms with Gasteiger partial charge in [0.25, 0.3) is 0 Å². The largest absolute Gasteiger partial charge is 0.497 e. The molecular weight excluding hydrogens is 419 g/mol. The first-order valence-corrected chi connectivity index (χ1v) is 10.2. The highest BCUT2D eigenvalue weighted by atomic mass is 35.5. The van der Waals surface area contributed by atoms with Gasteiger partial charge in [-0.3, -0.25) is 0 Å². The van der Waals surface area contributed by atoms with Gasteiger partial charge in [0.2, 0.25) is 6.23 Å². The minimum Gasteiger partial charge on any atom is -0.497 e. The van der Waals surface area contributed by atoms with E-state index in [1.807, 2.05) is 41.4 Å². The molecule has 5 rings (SSSR count). The molecular formula is C24H20ClFN2O3. The fraction of sp³-hybridized carbons (Fsp3) is 0.208. The van der Waals surface area contributed by atoms with E-state index in [1.54, 1.807) is 26.4 Å². The molecule has 2 atom stereocenters. The maximum Gasteiger partial charge on any atom is 0.217 e. The van der Waals surface area contributed by atoms with E-state index in [9.17, 15) is 4.39 Å². The molecule has 3 aromatic carbocycles. The van der Waals surface area contributed by atoms with Crippen LogP contribution >= 0.6 is 11.6 Å². The van der Waals surface area contributed by atoms with E-state index in [4.69, 9.17) is 30.9 Å². The molecule has 2 aliphatic rings. The van der Waals surface area contributed by atoms with Crippen LogP contribution in [0.5, 0.6) is 17.2 Å². The van der Waals surface area contributed by atoms with E-state index < -0.39 is 6.23 Å². The lowest BCUT2D eigenvalue weighted by atomic mass is 9.95. The number of fused-ring (bicyclic) bond motifs is 3. The zero-order chi connectivity index (χ0) is 21.5. The first-order valence-electron chi connectivity index (χ1n) is 9.87. The van der Waals surface area contributed by atoms with Crippen LogP contribution < -0.4 is 14.2 Å². The van der Waals surface area contributed by atoms with Crippen molar-refractivity contribution in [2.75, 3.05) is 14.2 Å². The van der Waals surface area contributed by atoms with Crippen LogP contribution in [0.4, 0.5) is 4.39 Å². The Bertz CT molecular complexity index is 1170. The van der Waals surface area contributed by atoms with Crippen LogP contribution in [0.15, 0.2) is 65.8 Å². The Balaban J connectivity index is 1.63. The molecule has 0 aromatic heterocycles. The molecule has 0 saturated carbocycles. The molecule has 0 unspecified atom stereocenters. The number of benzene rings is 3. The Hall–Kier alpha value is -3.25. The predicted molar refractivity (Wildman–Crippen MR) is 117 cm³/mol. The molecule has 0 fully saturated rings. The highest BCUT2D eigenvalue weighted by Gasteiger charge is 2.42. The van der Waals surface area contributed by atoms with Gasteiger partial charge in [0, 0.05) is 17.0 Å². The minimum absolute atomic E-state index is 0.0802. The molecule has 3 aromatic rings. The van der Waals surface area contributed by atoms with Crippen molar-refractivity contribution in [2.24, 2.45) is 5.10 Å². The number of nitrogens with zero attached hydrogens (tertiary/aromatic N) is 2. The fourth-order valence-corrected chi connectivity index (χ4v) is 4.29. The van der Waals surface area contributed by atoms with Gasteiger partial charge in [-0.1, -0.05) is 23.7 Å². The van der Waals surface area contributed by atoms with Gasteiger partial charge in [-0.2, -0.15) is 5.10 Å². The summed E-state index contributed by atoms with van der Waals surface area (Å²) < 4.78 is 30.9. The summed E-state index contributed by atoms with van der Waals surface area (Å²) >= 11 is 6.29.